The van der Waals surface area contributed by atoms with E-state index in [4.69, 9.17) is 4.74 Å². The van der Waals surface area contributed by atoms with Gasteiger partial charge in [0.15, 0.2) is 12.4 Å². The van der Waals surface area contributed by atoms with E-state index in [1.54, 1.807) is 48.5 Å². The van der Waals surface area contributed by atoms with Crippen LogP contribution in [0.1, 0.15) is 26.3 Å². The zero-order valence-corrected chi connectivity index (χ0v) is 16.8. The van der Waals surface area contributed by atoms with Crippen LogP contribution in [-0.2, 0) is 9.53 Å². The molecule has 0 unspecified atom stereocenters. The normalized spacial score (nSPS) is 10.2. The lowest BCUT2D eigenvalue weighted by Crippen LogP contribution is -2.21. The van der Waals surface area contributed by atoms with Gasteiger partial charge in [-0.25, -0.2) is 4.79 Å². The first kappa shape index (κ1) is 20.8. The molecule has 0 radical (unpaired) electrons. The van der Waals surface area contributed by atoms with Crippen molar-refractivity contribution in [1.29, 1.82) is 0 Å². The Morgan fingerprint density at radius 1 is 0.767 bits per heavy atom. The van der Waals surface area contributed by atoms with Crippen LogP contribution >= 0.6 is 0 Å². The van der Waals surface area contributed by atoms with Crippen molar-refractivity contribution in [3.8, 4) is 0 Å². The highest BCUT2D eigenvalue weighted by molar-refractivity contribution is 6.09. The smallest absolute Gasteiger partial charge is 0.338 e. The molecule has 0 atom stereocenters. The summed E-state index contributed by atoms with van der Waals surface area (Å²) in [6.07, 6.45) is 0. The Bertz CT molecular complexity index is 1030. The number of benzene rings is 3. The standard InChI is InChI=1S/C24H22N2O4/c1-26(2)21-14-12-20(13-15-21)25-22(27)16-30-24(29)19-10-8-18(9-11-19)23(28)17-6-4-3-5-7-17/h3-15H,16H2,1-2H3,(H,25,27). The third kappa shape index (κ3) is 5.32. The highest BCUT2D eigenvalue weighted by atomic mass is 16.5. The van der Waals surface area contributed by atoms with Crippen LogP contribution in [0.3, 0.4) is 0 Å². The fourth-order valence-corrected chi connectivity index (χ4v) is 2.77. The van der Waals surface area contributed by atoms with Gasteiger partial charge in [-0.2, -0.15) is 0 Å². The molecule has 0 aliphatic carbocycles. The quantitative estimate of drug-likeness (QED) is 0.481. The second kappa shape index (κ2) is 9.52. The molecule has 6 nitrogen and oxygen atoms in total. The van der Waals surface area contributed by atoms with Crippen LogP contribution in [0.25, 0.3) is 0 Å². The summed E-state index contributed by atoms with van der Waals surface area (Å²) in [4.78, 5) is 38.6. The summed E-state index contributed by atoms with van der Waals surface area (Å²) in [6.45, 7) is -0.404. The minimum absolute atomic E-state index is 0.129. The second-order valence-electron chi connectivity index (χ2n) is 6.84. The van der Waals surface area contributed by atoms with Gasteiger partial charge >= 0.3 is 5.97 Å². The maximum Gasteiger partial charge on any atom is 0.338 e. The van der Waals surface area contributed by atoms with Crippen LogP contribution in [0.2, 0.25) is 0 Å². The van der Waals surface area contributed by atoms with Crippen molar-refractivity contribution in [2.24, 2.45) is 0 Å². The third-order valence-electron chi connectivity index (χ3n) is 4.42. The van der Waals surface area contributed by atoms with Crippen molar-refractivity contribution in [2.75, 3.05) is 30.9 Å². The van der Waals surface area contributed by atoms with Crippen LogP contribution in [0.15, 0.2) is 78.9 Å². The van der Waals surface area contributed by atoms with E-state index in [-0.39, 0.29) is 11.3 Å². The zero-order valence-electron chi connectivity index (χ0n) is 16.8. The molecule has 0 fully saturated rings. The number of carbonyl (C=O) groups is 3. The van der Waals surface area contributed by atoms with E-state index in [9.17, 15) is 14.4 Å². The summed E-state index contributed by atoms with van der Waals surface area (Å²) >= 11 is 0. The van der Waals surface area contributed by atoms with Crippen molar-refractivity contribution >= 4 is 29.0 Å². The summed E-state index contributed by atoms with van der Waals surface area (Å²) in [5.41, 5.74) is 2.93. The van der Waals surface area contributed by atoms with Crippen LogP contribution in [0.5, 0.6) is 0 Å². The lowest BCUT2D eigenvalue weighted by molar-refractivity contribution is -0.119. The average molecular weight is 402 g/mol. The van der Waals surface area contributed by atoms with Crippen LogP contribution in [-0.4, -0.2) is 38.4 Å². The summed E-state index contributed by atoms with van der Waals surface area (Å²) in [5, 5.41) is 2.68. The van der Waals surface area contributed by atoms with Gasteiger partial charge in [0.2, 0.25) is 0 Å². The largest absolute Gasteiger partial charge is 0.452 e. The number of amides is 1. The minimum Gasteiger partial charge on any atom is -0.452 e. The topological polar surface area (TPSA) is 75.7 Å². The van der Waals surface area contributed by atoms with E-state index in [2.05, 4.69) is 5.32 Å². The Balaban J connectivity index is 1.53. The Labute approximate surface area is 175 Å². The van der Waals surface area contributed by atoms with E-state index < -0.39 is 18.5 Å². The lowest BCUT2D eigenvalue weighted by Gasteiger charge is -2.13. The monoisotopic (exact) mass is 402 g/mol. The lowest BCUT2D eigenvalue weighted by atomic mass is 10.0. The van der Waals surface area contributed by atoms with E-state index in [1.807, 2.05) is 37.2 Å². The van der Waals surface area contributed by atoms with Crippen LogP contribution in [0.4, 0.5) is 11.4 Å². The molecule has 6 heteroatoms. The number of ether oxygens (including phenoxy) is 1. The molecule has 3 aromatic carbocycles. The number of hydrogen-bond donors (Lipinski definition) is 1. The first-order valence-electron chi connectivity index (χ1n) is 9.38. The molecule has 0 saturated heterocycles. The number of anilines is 2. The Hall–Kier alpha value is -3.93. The summed E-state index contributed by atoms with van der Waals surface area (Å²) in [7, 11) is 3.86. The molecule has 0 aliphatic rings. The van der Waals surface area contributed by atoms with Gasteiger partial charge in [0.05, 0.1) is 5.56 Å². The zero-order chi connectivity index (χ0) is 21.5. The number of carbonyl (C=O) groups excluding carboxylic acids is 3. The first-order valence-corrected chi connectivity index (χ1v) is 9.38. The summed E-state index contributed by atoms with van der Waals surface area (Å²) in [6, 6.07) is 22.3. The van der Waals surface area contributed by atoms with Gasteiger partial charge in [0, 0.05) is 36.6 Å². The molecule has 1 amide bonds. The first-order chi connectivity index (χ1) is 14.4. The predicted molar refractivity (Wildman–Crippen MR) is 116 cm³/mol. The number of ketones is 1. The fourth-order valence-electron chi connectivity index (χ4n) is 2.77. The average Bonchev–Trinajstić information content (AvgIpc) is 2.78. The van der Waals surface area contributed by atoms with E-state index >= 15 is 0 Å². The number of nitrogens with one attached hydrogen (secondary N) is 1. The van der Waals surface area contributed by atoms with Gasteiger partial charge < -0.3 is 15.0 Å². The number of rotatable bonds is 7. The highest BCUT2D eigenvalue weighted by Crippen LogP contribution is 2.16. The number of nitrogens with zero attached hydrogens (tertiary/aromatic N) is 1. The molecule has 0 aliphatic heterocycles. The Morgan fingerprint density at radius 3 is 1.93 bits per heavy atom. The summed E-state index contributed by atoms with van der Waals surface area (Å²) < 4.78 is 5.06. The summed E-state index contributed by atoms with van der Waals surface area (Å²) in [5.74, 6) is -1.20. The van der Waals surface area contributed by atoms with Crippen LogP contribution in [0, 0.1) is 0 Å². The Kier molecular flexibility index (Phi) is 6.60. The van der Waals surface area contributed by atoms with Crippen molar-refractivity contribution in [3.05, 3.63) is 95.6 Å². The van der Waals surface area contributed by atoms with E-state index in [0.717, 1.165) is 5.69 Å². The molecule has 0 aromatic heterocycles. The van der Waals surface area contributed by atoms with Gasteiger partial charge in [-0.05, 0) is 36.4 Å². The number of hydrogen-bond acceptors (Lipinski definition) is 5. The van der Waals surface area contributed by atoms with Crippen molar-refractivity contribution in [1.82, 2.24) is 0 Å². The minimum atomic E-state index is -0.633. The maximum atomic E-state index is 12.4. The van der Waals surface area contributed by atoms with Crippen LogP contribution < -0.4 is 10.2 Å². The molecule has 3 aromatic rings. The van der Waals surface area contributed by atoms with E-state index in [0.29, 0.717) is 16.8 Å². The van der Waals surface area contributed by atoms with Gasteiger partial charge in [0.25, 0.3) is 5.91 Å². The molecule has 0 spiro atoms. The van der Waals surface area contributed by atoms with Crippen molar-refractivity contribution < 1.29 is 19.1 Å². The van der Waals surface area contributed by atoms with Gasteiger partial charge in [0.1, 0.15) is 0 Å². The molecule has 30 heavy (non-hydrogen) atoms. The third-order valence-corrected chi connectivity index (χ3v) is 4.42. The molecular weight excluding hydrogens is 380 g/mol. The molecular formula is C24H22N2O4. The molecule has 0 saturated carbocycles. The second-order valence-corrected chi connectivity index (χ2v) is 6.84. The number of esters is 1. The van der Waals surface area contributed by atoms with Gasteiger partial charge in [-0.3, -0.25) is 9.59 Å². The molecule has 0 bridgehead atoms. The fraction of sp³-hybridized carbons (Fsp3) is 0.125. The van der Waals surface area contributed by atoms with Crippen molar-refractivity contribution in [2.45, 2.75) is 0 Å². The maximum absolute atomic E-state index is 12.4. The highest BCUT2D eigenvalue weighted by Gasteiger charge is 2.13. The van der Waals surface area contributed by atoms with Crippen molar-refractivity contribution in [3.63, 3.8) is 0 Å². The SMILES string of the molecule is CN(C)c1ccc(NC(=O)COC(=O)c2ccc(C(=O)c3ccccc3)cc2)cc1. The molecule has 1 N–H and O–H groups in total. The Morgan fingerprint density at radius 2 is 1.33 bits per heavy atom. The molecule has 0 heterocycles. The predicted octanol–water partition coefficient (Wildman–Crippen LogP) is 3.78. The van der Waals surface area contributed by atoms with Gasteiger partial charge in [-0.1, -0.05) is 42.5 Å². The van der Waals surface area contributed by atoms with Gasteiger partial charge in [-0.15, -0.1) is 0 Å². The molecule has 3 rings (SSSR count). The molecule has 152 valence electrons. The van der Waals surface area contributed by atoms with E-state index in [1.165, 1.54) is 12.1 Å².